The maximum atomic E-state index is 14.1. The maximum absolute atomic E-state index is 14.1. The molecule has 146 valence electrons. The Hall–Kier alpha value is -1.00. The van der Waals surface area contributed by atoms with Gasteiger partial charge in [-0.2, -0.15) is 0 Å². The van der Waals surface area contributed by atoms with Crippen LogP contribution in [0.15, 0.2) is 9.89 Å². The van der Waals surface area contributed by atoms with Crippen molar-refractivity contribution in [2.75, 3.05) is 0 Å². The highest BCUT2D eigenvalue weighted by atomic mass is 79.9. The fourth-order valence-corrected chi connectivity index (χ4v) is 6.38. The first-order valence-corrected chi connectivity index (χ1v) is 11.1. The van der Waals surface area contributed by atoms with Gasteiger partial charge in [-0.05, 0) is 66.1 Å². The van der Waals surface area contributed by atoms with Crippen molar-refractivity contribution >= 4 is 45.0 Å². The fraction of sp³-hybridized carbons (Fsp3) is 0.588. The normalized spacial score (nSPS) is 19.1. The van der Waals surface area contributed by atoms with E-state index in [1.54, 1.807) is 18.4 Å². The summed E-state index contributed by atoms with van der Waals surface area (Å²) in [6.45, 7) is 3.21. The number of carboxylic acids is 1. The van der Waals surface area contributed by atoms with E-state index in [2.05, 4.69) is 26.1 Å². The third-order valence-corrected chi connectivity index (χ3v) is 7.98. The predicted molar refractivity (Wildman–Crippen MR) is 103 cm³/mol. The molecule has 2 heterocycles. The van der Waals surface area contributed by atoms with Gasteiger partial charge in [-0.25, -0.2) is 8.78 Å². The molecule has 0 unspecified atom stereocenters. The zero-order valence-corrected chi connectivity index (χ0v) is 18.0. The van der Waals surface area contributed by atoms with Crippen LogP contribution in [0.5, 0.6) is 0 Å². The first kappa shape index (κ1) is 19.3. The van der Waals surface area contributed by atoms with Gasteiger partial charge in [-0.15, -0.1) is 21.5 Å². The minimum absolute atomic E-state index is 0.170. The number of carbonyl (C=O) groups is 1. The van der Waals surface area contributed by atoms with Gasteiger partial charge in [0.2, 0.25) is 4.73 Å². The summed E-state index contributed by atoms with van der Waals surface area (Å²) < 4.78 is 29.3. The van der Waals surface area contributed by atoms with Gasteiger partial charge in [0.05, 0.1) is 0 Å². The molecule has 0 radical (unpaired) electrons. The predicted octanol–water partition coefficient (Wildman–Crippen LogP) is 5.05. The summed E-state index contributed by atoms with van der Waals surface area (Å²) in [6.07, 6.45) is 1.99. The van der Waals surface area contributed by atoms with E-state index in [1.807, 2.05) is 0 Å². The number of rotatable bonds is 5. The molecule has 4 rings (SSSR count). The Kier molecular flexibility index (Phi) is 4.67. The van der Waals surface area contributed by atoms with E-state index in [-0.39, 0.29) is 12.8 Å². The van der Waals surface area contributed by atoms with Crippen LogP contribution in [-0.4, -0.2) is 36.5 Å². The summed E-state index contributed by atoms with van der Waals surface area (Å²) in [5.41, 5.74) is 1.71. The number of thiophene rings is 1. The van der Waals surface area contributed by atoms with Crippen molar-refractivity contribution < 1.29 is 18.7 Å². The van der Waals surface area contributed by atoms with Crippen molar-refractivity contribution in [1.82, 2.24) is 14.8 Å². The van der Waals surface area contributed by atoms with Crippen LogP contribution < -0.4 is 0 Å². The van der Waals surface area contributed by atoms with E-state index in [0.29, 0.717) is 22.2 Å². The topological polar surface area (TPSA) is 68.0 Å². The molecule has 0 amide bonds. The molecule has 2 aromatic heterocycles. The molecule has 1 saturated carbocycles. The number of hydrogen-bond donors (Lipinski definition) is 1. The van der Waals surface area contributed by atoms with E-state index < -0.39 is 16.6 Å². The SMILES string of the molecule is CC(C)(Sc1nnc(Br)n1-c1sc(C2CC2)c2c1CCC(F)(F)C2)C(=O)O. The second-order valence-corrected chi connectivity index (χ2v) is 10.9. The molecular weight excluding hydrogens is 460 g/mol. The van der Waals surface area contributed by atoms with E-state index >= 15 is 0 Å². The Balaban J connectivity index is 1.81. The number of aromatic nitrogens is 3. The third-order valence-electron chi connectivity index (χ3n) is 4.91. The second kappa shape index (κ2) is 6.52. The van der Waals surface area contributed by atoms with Crippen LogP contribution in [0, 0.1) is 0 Å². The standard InChI is InChI=1S/C17H18BrF2N3O2S2/c1-16(2,13(24)25)27-15-22-21-14(18)23(15)12-9-5-6-17(19,20)7-10(9)11(26-12)8-3-4-8/h8H,3-7H2,1-2H3,(H,24,25). The van der Waals surface area contributed by atoms with Crippen LogP contribution in [0.25, 0.3) is 5.00 Å². The molecule has 0 saturated heterocycles. The van der Waals surface area contributed by atoms with E-state index in [0.717, 1.165) is 45.6 Å². The van der Waals surface area contributed by atoms with Crippen molar-refractivity contribution in [2.45, 2.75) is 67.7 Å². The summed E-state index contributed by atoms with van der Waals surface area (Å²) in [5.74, 6) is -3.25. The monoisotopic (exact) mass is 477 g/mol. The molecule has 2 aliphatic rings. The molecule has 0 aliphatic heterocycles. The number of aliphatic carboxylic acids is 1. The Morgan fingerprint density at radius 1 is 1.37 bits per heavy atom. The quantitative estimate of drug-likeness (QED) is 0.610. The molecule has 27 heavy (non-hydrogen) atoms. The van der Waals surface area contributed by atoms with Gasteiger partial charge in [0, 0.05) is 17.7 Å². The molecule has 10 heteroatoms. The van der Waals surface area contributed by atoms with E-state index in [9.17, 15) is 18.7 Å². The maximum Gasteiger partial charge on any atom is 0.319 e. The zero-order chi connectivity index (χ0) is 19.6. The van der Waals surface area contributed by atoms with Crippen molar-refractivity contribution in [2.24, 2.45) is 0 Å². The highest BCUT2D eigenvalue weighted by Crippen LogP contribution is 2.52. The number of hydrogen-bond acceptors (Lipinski definition) is 5. The van der Waals surface area contributed by atoms with E-state index in [1.165, 1.54) is 11.3 Å². The second-order valence-electron chi connectivity index (χ2n) is 7.54. The van der Waals surface area contributed by atoms with Gasteiger partial charge < -0.3 is 5.11 Å². The smallest absolute Gasteiger partial charge is 0.319 e. The molecule has 1 N–H and O–H groups in total. The number of thioether (sulfide) groups is 1. The van der Waals surface area contributed by atoms with E-state index in [4.69, 9.17) is 0 Å². The van der Waals surface area contributed by atoms with Crippen LogP contribution in [0.3, 0.4) is 0 Å². The van der Waals surface area contributed by atoms with Crippen LogP contribution >= 0.6 is 39.0 Å². The number of alkyl halides is 2. The molecule has 2 aliphatic carbocycles. The summed E-state index contributed by atoms with van der Waals surface area (Å²) in [5, 5.41) is 18.9. The van der Waals surface area contributed by atoms with Gasteiger partial charge in [0.25, 0.3) is 5.92 Å². The van der Waals surface area contributed by atoms with Gasteiger partial charge in [-0.1, -0.05) is 11.8 Å². The number of carboxylic acid groups (broad SMARTS) is 1. The summed E-state index contributed by atoms with van der Waals surface area (Å²) in [4.78, 5) is 12.6. The van der Waals surface area contributed by atoms with Gasteiger partial charge in [0.1, 0.15) is 9.75 Å². The Bertz CT molecular complexity index is 922. The molecule has 5 nitrogen and oxygen atoms in total. The van der Waals surface area contributed by atoms with Crippen molar-refractivity contribution in [3.05, 3.63) is 20.7 Å². The lowest BCUT2D eigenvalue weighted by atomic mass is 9.89. The van der Waals surface area contributed by atoms with Crippen LogP contribution in [0.4, 0.5) is 8.78 Å². The first-order valence-electron chi connectivity index (χ1n) is 8.65. The third kappa shape index (κ3) is 3.55. The van der Waals surface area contributed by atoms with Crippen molar-refractivity contribution in [3.8, 4) is 5.00 Å². The van der Waals surface area contributed by atoms with Crippen molar-refractivity contribution in [3.63, 3.8) is 0 Å². The molecule has 0 spiro atoms. The number of nitrogens with zero attached hydrogens (tertiary/aromatic N) is 3. The lowest BCUT2D eigenvalue weighted by Gasteiger charge is -2.24. The largest absolute Gasteiger partial charge is 0.480 e. The van der Waals surface area contributed by atoms with Gasteiger partial charge >= 0.3 is 5.97 Å². The lowest BCUT2D eigenvalue weighted by molar-refractivity contribution is -0.138. The minimum Gasteiger partial charge on any atom is -0.480 e. The highest BCUT2D eigenvalue weighted by Gasteiger charge is 2.42. The Morgan fingerprint density at radius 2 is 2.07 bits per heavy atom. The molecule has 0 atom stereocenters. The van der Waals surface area contributed by atoms with Gasteiger partial charge in [0.15, 0.2) is 5.16 Å². The first-order chi connectivity index (χ1) is 12.6. The minimum atomic E-state index is -2.66. The van der Waals surface area contributed by atoms with Crippen LogP contribution in [0.1, 0.15) is 55.0 Å². The number of fused-ring (bicyclic) bond motifs is 1. The van der Waals surface area contributed by atoms with Crippen LogP contribution in [-0.2, 0) is 17.6 Å². The average Bonchev–Trinajstić information content (AvgIpc) is 3.26. The molecular formula is C17H18BrF2N3O2S2. The van der Waals surface area contributed by atoms with Crippen molar-refractivity contribution in [1.29, 1.82) is 0 Å². The molecule has 0 aromatic carbocycles. The summed E-state index contributed by atoms with van der Waals surface area (Å²) >= 11 is 6.02. The molecule has 1 fully saturated rings. The average molecular weight is 478 g/mol. The highest BCUT2D eigenvalue weighted by molar-refractivity contribution is 9.10. The molecule has 0 bridgehead atoms. The molecule has 2 aromatic rings. The lowest BCUT2D eigenvalue weighted by Crippen LogP contribution is -2.28. The Morgan fingerprint density at radius 3 is 2.70 bits per heavy atom. The number of halogens is 3. The Labute approximate surface area is 171 Å². The van der Waals surface area contributed by atoms with Gasteiger partial charge in [-0.3, -0.25) is 9.36 Å². The van der Waals surface area contributed by atoms with Crippen LogP contribution in [0.2, 0.25) is 0 Å². The zero-order valence-electron chi connectivity index (χ0n) is 14.8. The summed E-state index contributed by atoms with van der Waals surface area (Å²) in [7, 11) is 0. The fourth-order valence-electron chi connectivity index (χ4n) is 3.23. The summed E-state index contributed by atoms with van der Waals surface area (Å²) in [6, 6.07) is 0.